The molecule has 2 heterocycles. The van der Waals surface area contributed by atoms with E-state index < -0.39 is 10.0 Å². The van der Waals surface area contributed by atoms with Gasteiger partial charge in [0.2, 0.25) is 10.0 Å². The number of thiazole rings is 1. The highest BCUT2D eigenvalue weighted by atomic mass is 35.5. The maximum Gasteiger partial charge on any atom is 0.240 e. The topological polar surface area (TPSA) is 71.1 Å². The summed E-state index contributed by atoms with van der Waals surface area (Å²) in [6, 6.07) is 5.19. The van der Waals surface area contributed by atoms with Crippen LogP contribution >= 0.6 is 23.7 Å². The summed E-state index contributed by atoms with van der Waals surface area (Å²) in [5, 5.41) is 4.33. The molecule has 3 rings (SSSR count). The van der Waals surface area contributed by atoms with Crippen molar-refractivity contribution in [3.05, 3.63) is 23.2 Å². The van der Waals surface area contributed by atoms with Gasteiger partial charge >= 0.3 is 0 Å². The van der Waals surface area contributed by atoms with Gasteiger partial charge < -0.3 is 5.32 Å². The molecule has 25 heavy (non-hydrogen) atoms. The quantitative estimate of drug-likeness (QED) is 0.803. The molecule has 1 atom stereocenters. The summed E-state index contributed by atoms with van der Waals surface area (Å²) in [4.78, 5) is 4.94. The van der Waals surface area contributed by atoms with Crippen molar-refractivity contribution in [3.63, 3.8) is 0 Å². The van der Waals surface area contributed by atoms with Crippen LogP contribution in [0.25, 0.3) is 10.2 Å². The molecular weight excluding hydrogens is 378 g/mol. The second-order valence-corrected chi connectivity index (χ2v) is 10.2. The van der Waals surface area contributed by atoms with E-state index in [0.717, 1.165) is 41.2 Å². The normalized spacial score (nSPS) is 18.4. The van der Waals surface area contributed by atoms with E-state index in [9.17, 15) is 8.42 Å². The Labute approximate surface area is 160 Å². The summed E-state index contributed by atoms with van der Waals surface area (Å²) in [5.74, 6) is 0.575. The Morgan fingerprint density at radius 1 is 1.36 bits per heavy atom. The average molecular weight is 404 g/mol. The van der Waals surface area contributed by atoms with E-state index in [2.05, 4.69) is 35.8 Å². The number of hydrogen-bond donors (Lipinski definition) is 2. The monoisotopic (exact) mass is 403 g/mol. The number of rotatable bonds is 5. The smallest absolute Gasteiger partial charge is 0.240 e. The average Bonchev–Trinajstić information content (AvgIpc) is 3.14. The van der Waals surface area contributed by atoms with Gasteiger partial charge in [0.05, 0.1) is 20.1 Å². The Morgan fingerprint density at radius 2 is 2.12 bits per heavy atom. The molecule has 0 radical (unpaired) electrons. The lowest BCUT2D eigenvalue weighted by atomic mass is 9.98. The van der Waals surface area contributed by atoms with Gasteiger partial charge in [-0.25, -0.2) is 18.1 Å². The fourth-order valence-electron chi connectivity index (χ4n) is 2.83. The standard InChI is InChI=1S/C17H25N3O2S2.ClH/c1-17(2,3)16-20-14-5-4-13(10-15(14)23-16)24(21,22)19-9-7-12-6-8-18-11-12;/h4-5,10,12,18-19H,6-9,11H2,1-3H3;1H. The molecule has 1 aromatic carbocycles. The molecule has 2 aromatic rings. The SMILES string of the molecule is CC(C)(C)c1nc2ccc(S(=O)(=O)NCCC3CCNC3)cc2s1.Cl. The van der Waals surface area contributed by atoms with Crippen molar-refractivity contribution in [2.75, 3.05) is 19.6 Å². The first kappa shape index (κ1) is 20.6. The largest absolute Gasteiger partial charge is 0.316 e. The van der Waals surface area contributed by atoms with Crippen molar-refractivity contribution in [1.29, 1.82) is 0 Å². The first-order valence-electron chi connectivity index (χ1n) is 8.37. The third kappa shape index (κ3) is 4.92. The van der Waals surface area contributed by atoms with Crippen LogP contribution in [0.3, 0.4) is 0 Å². The predicted octanol–water partition coefficient (Wildman–Crippen LogP) is 3.29. The van der Waals surface area contributed by atoms with Gasteiger partial charge in [-0.2, -0.15) is 0 Å². The summed E-state index contributed by atoms with van der Waals surface area (Å²) >= 11 is 1.57. The van der Waals surface area contributed by atoms with E-state index >= 15 is 0 Å². The van der Waals surface area contributed by atoms with E-state index in [0.29, 0.717) is 17.4 Å². The van der Waals surface area contributed by atoms with Gasteiger partial charge in [0.1, 0.15) is 0 Å². The number of fused-ring (bicyclic) bond motifs is 1. The Morgan fingerprint density at radius 3 is 2.76 bits per heavy atom. The van der Waals surface area contributed by atoms with Gasteiger partial charge in [-0.15, -0.1) is 23.7 Å². The van der Waals surface area contributed by atoms with Gasteiger partial charge in [0.15, 0.2) is 0 Å². The molecular formula is C17H26ClN3O2S2. The lowest BCUT2D eigenvalue weighted by molar-refractivity contribution is 0.519. The molecule has 0 amide bonds. The van der Waals surface area contributed by atoms with Crippen molar-refractivity contribution in [2.45, 2.75) is 43.9 Å². The van der Waals surface area contributed by atoms with Crippen LogP contribution in [0.5, 0.6) is 0 Å². The summed E-state index contributed by atoms with van der Waals surface area (Å²) in [7, 11) is -3.46. The van der Waals surface area contributed by atoms with E-state index in [-0.39, 0.29) is 17.8 Å². The Hall–Kier alpha value is -0.730. The minimum Gasteiger partial charge on any atom is -0.316 e. The second kappa shape index (κ2) is 7.88. The number of benzene rings is 1. The minimum absolute atomic E-state index is 0. The number of aromatic nitrogens is 1. The molecule has 5 nitrogen and oxygen atoms in total. The zero-order valence-electron chi connectivity index (χ0n) is 14.8. The maximum absolute atomic E-state index is 12.5. The Kier molecular flexibility index (Phi) is 6.49. The van der Waals surface area contributed by atoms with Crippen LogP contribution in [-0.2, 0) is 15.4 Å². The van der Waals surface area contributed by atoms with E-state index in [4.69, 9.17) is 0 Å². The number of sulfonamides is 1. The van der Waals surface area contributed by atoms with Crippen LogP contribution in [0.2, 0.25) is 0 Å². The number of halogens is 1. The van der Waals surface area contributed by atoms with Crippen LogP contribution in [0.1, 0.15) is 38.6 Å². The zero-order valence-corrected chi connectivity index (χ0v) is 17.3. The lowest BCUT2D eigenvalue weighted by Crippen LogP contribution is -2.26. The molecule has 8 heteroatoms. The Balaban J connectivity index is 0.00000225. The van der Waals surface area contributed by atoms with Crippen molar-refractivity contribution in [3.8, 4) is 0 Å². The van der Waals surface area contributed by atoms with Crippen LogP contribution in [-0.4, -0.2) is 33.0 Å². The van der Waals surface area contributed by atoms with Crippen LogP contribution < -0.4 is 10.0 Å². The van der Waals surface area contributed by atoms with Crippen molar-refractivity contribution >= 4 is 44.0 Å². The highest BCUT2D eigenvalue weighted by Crippen LogP contribution is 2.32. The van der Waals surface area contributed by atoms with Gasteiger partial charge in [-0.3, -0.25) is 0 Å². The van der Waals surface area contributed by atoms with Gasteiger partial charge in [0.25, 0.3) is 0 Å². The molecule has 0 aliphatic carbocycles. The van der Waals surface area contributed by atoms with Crippen LogP contribution in [0.15, 0.2) is 23.1 Å². The van der Waals surface area contributed by atoms with Crippen molar-refractivity contribution < 1.29 is 8.42 Å². The molecule has 1 aliphatic heterocycles. The molecule has 0 spiro atoms. The van der Waals surface area contributed by atoms with Crippen molar-refractivity contribution in [2.24, 2.45) is 5.92 Å². The highest BCUT2D eigenvalue weighted by molar-refractivity contribution is 7.89. The lowest BCUT2D eigenvalue weighted by Gasteiger charge is -2.13. The summed E-state index contributed by atoms with van der Waals surface area (Å²) in [5.41, 5.74) is 0.830. The zero-order chi connectivity index (χ0) is 17.4. The van der Waals surface area contributed by atoms with Gasteiger partial charge in [-0.05, 0) is 50.0 Å². The molecule has 1 fully saturated rings. The molecule has 1 unspecified atom stereocenters. The molecule has 1 aromatic heterocycles. The maximum atomic E-state index is 12.5. The predicted molar refractivity (Wildman–Crippen MR) is 106 cm³/mol. The highest BCUT2D eigenvalue weighted by Gasteiger charge is 2.21. The third-order valence-electron chi connectivity index (χ3n) is 4.32. The fourth-order valence-corrected chi connectivity index (χ4v) is 5.05. The second-order valence-electron chi connectivity index (χ2n) is 7.44. The Bertz CT molecular complexity index is 822. The molecule has 0 bridgehead atoms. The first-order chi connectivity index (χ1) is 11.3. The van der Waals surface area contributed by atoms with Gasteiger partial charge in [-0.1, -0.05) is 20.8 Å². The first-order valence-corrected chi connectivity index (χ1v) is 10.7. The van der Waals surface area contributed by atoms with E-state index in [1.807, 2.05) is 0 Å². The van der Waals surface area contributed by atoms with E-state index in [1.54, 1.807) is 29.5 Å². The number of hydrogen-bond acceptors (Lipinski definition) is 5. The van der Waals surface area contributed by atoms with Gasteiger partial charge in [0, 0.05) is 12.0 Å². The molecule has 0 saturated carbocycles. The summed E-state index contributed by atoms with van der Waals surface area (Å²) in [6.07, 6.45) is 2.01. The number of nitrogens with zero attached hydrogens (tertiary/aromatic N) is 1. The van der Waals surface area contributed by atoms with Crippen LogP contribution in [0, 0.1) is 5.92 Å². The number of nitrogens with one attached hydrogen (secondary N) is 2. The summed E-state index contributed by atoms with van der Waals surface area (Å²) in [6.45, 7) is 8.85. The summed E-state index contributed by atoms with van der Waals surface area (Å²) < 4.78 is 28.7. The molecule has 1 saturated heterocycles. The molecule has 1 aliphatic rings. The minimum atomic E-state index is -3.46. The molecule has 140 valence electrons. The third-order valence-corrected chi connectivity index (χ3v) is 7.22. The fraction of sp³-hybridized carbons (Fsp3) is 0.588. The van der Waals surface area contributed by atoms with Crippen molar-refractivity contribution in [1.82, 2.24) is 15.0 Å². The van der Waals surface area contributed by atoms with Crippen LogP contribution in [0.4, 0.5) is 0 Å². The molecule has 2 N–H and O–H groups in total. The van der Waals surface area contributed by atoms with E-state index in [1.165, 1.54) is 0 Å².